The zero-order chi connectivity index (χ0) is 40.4. The van der Waals surface area contributed by atoms with E-state index in [-0.39, 0.29) is 31.3 Å². The summed E-state index contributed by atoms with van der Waals surface area (Å²) in [5, 5.41) is 29.4. The highest BCUT2D eigenvalue weighted by molar-refractivity contribution is 8.00. The van der Waals surface area contributed by atoms with Crippen LogP contribution >= 0.6 is 11.8 Å². The van der Waals surface area contributed by atoms with E-state index in [1.807, 2.05) is 60.7 Å². The number of ether oxygens (including phenoxy) is 1. The molecule has 0 spiro atoms. The number of aliphatic hydroxyl groups excluding tert-OH is 2. The van der Waals surface area contributed by atoms with E-state index in [1.165, 1.54) is 13.0 Å². The molecule has 5 N–H and O–H groups in total. The Hall–Kier alpha value is -4.71. The van der Waals surface area contributed by atoms with Crippen molar-refractivity contribution in [2.45, 2.75) is 89.0 Å². The van der Waals surface area contributed by atoms with Gasteiger partial charge in [-0.25, -0.2) is 0 Å². The molecule has 296 valence electrons. The van der Waals surface area contributed by atoms with Crippen molar-refractivity contribution in [1.82, 2.24) is 16.0 Å². The van der Waals surface area contributed by atoms with Gasteiger partial charge in [-0.2, -0.15) is 0 Å². The number of aliphatic hydroxyl groups is 2. The third-order valence-electron chi connectivity index (χ3n) is 9.09. The second-order valence-corrected chi connectivity index (χ2v) is 15.5. The lowest BCUT2D eigenvalue weighted by molar-refractivity contribution is -0.145. The number of hydrogen-bond donors (Lipinski definition) is 5. The molecule has 11 heteroatoms. The van der Waals surface area contributed by atoms with Gasteiger partial charge in [-0.3, -0.25) is 19.2 Å². The predicted molar refractivity (Wildman–Crippen MR) is 219 cm³/mol. The van der Waals surface area contributed by atoms with E-state index in [1.54, 1.807) is 45.5 Å². The molecular weight excluding hydrogens is 715 g/mol. The van der Waals surface area contributed by atoms with E-state index in [4.69, 9.17) is 4.74 Å². The molecular formula is C44H57N3O7S. The third kappa shape index (κ3) is 13.5. The quantitative estimate of drug-likeness (QED) is 0.0379. The van der Waals surface area contributed by atoms with Gasteiger partial charge >= 0.3 is 5.97 Å². The molecule has 3 unspecified atom stereocenters. The highest BCUT2D eigenvalue weighted by atomic mass is 32.2. The number of hydrogen-bond acceptors (Lipinski definition) is 8. The molecule has 3 aromatic rings. The minimum atomic E-state index is -1.21. The number of esters is 1. The summed E-state index contributed by atoms with van der Waals surface area (Å²) in [6.45, 7) is 12.1. The molecule has 3 rings (SSSR count). The minimum absolute atomic E-state index is 0.0109. The predicted octanol–water partition coefficient (Wildman–Crippen LogP) is 5.68. The maximum atomic E-state index is 13.2. The first-order valence-corrected chi connectivity index (χ1v) is 19.8. The molecule has 0 radical (unpaired) electrons. The van der Waals surface area contributed by atoms with Crippen LogP contribution in [0.3, 0.4) is 0 Å². The summed E-state index contributed by atoms with van der Waals surface area (Å²) >= 11 is 1.81. The highest BCUT2D eigenvalue weighted by Gasteiger charge is 2.36. The summed E-state index contributed by atoms with van der Waals surface area (Å²) in [7, 11) is 0. The van der Waals surface area contributed by atoms with E-state index in [0.29, 0.717) is 6.42 Å². The monoisotopic (exact) mass is 771 g/mol. The molecule has 0 aliphatic carbocycles. The lowest BCUT2D eigenvalue weighted by Crippen LogP contribution is -2.57. The van der Waals surface area contributed by atoms with Gasteiger partial charge in [0.25, 0.3) is 0 Å². The first kappa shape index (κ1) is 44.7. The maximum Gasteiger partial charge on any atom is 0.308 e. The average molecular weight is 772 g/mol. The molecule has 10 nitrogen and oxygen atoms in total. The number of benzene rings is 3. The van der Waals surface area contributed by atoms with Crippen molar-refractivity contribution < 1.29 is 34.1 Å². The van der Waals surface area contributed by atoms with Crippen LogP contribution in [0.4, 0.5) is 0 Å². The maximum absolute atomic E-state index is 13.2. The van der Waals surface area contributed by atoms with E-state index in [0.717, 1.165) is 22.4 Å². The number of allylic oxidation sites excluding steroid dienone is 1. The van der Waals surface area contributed by atoms with Gasteiger partial charge in [0.2, 0.25) is 17.7 Å². The molecule has 0 saturated carbocycles. The van der Waals surface area contributed by atoms with Gasteiger partial charge in [-0.05, 0) is 47.6 Å². The Kier molecular flexibility index (Phi) is 18.4. The second-order valence-electron chi connectivity index (χ2n) is 14.2. The fraction of sp³-hybridized carbons (Fsp3) is 0.409. The largest absolute Gasteiger partial charge is 0.461 e. The number of nitrogens with one attached hydrogen (secondary N) is 3. The van der Waals surface area contributed by atoms with E-state index >= 15 is 0 Å². The number of amides is 3. The van der Waals surface area contributed by atoms with Gasteiger partial charge in [0.1, 0.15) is 18.7 Å². The summed E-state index contributed by atoms with van der Waals surface area (Å²) in [5.74, 6) is -2.10. The third-order valence-corrected chi connectivity index (χ3v) is 10.7. The normalized spacial score (nSPS) is 14.4. The molecule has 3 aromatic carbocycles. The first-order valence-electron chi connectivity index (χ1n) is 18.8. The fourth-order valence-electron chi connectivity index (χ4n) is 6.20. The first-order chi connectivity index (χ1) is 26.3. The van der Waals surface area contributed by atoms with Crippen LogP contribution in [0.25, 0.3) is 0 Å². The van der Waals surface area contributed by atoms with E-state index < -0.39 is 58.8 Å². The Morgan fingerprint density at radius 3 is 1.75 bits per heavy atom. The Morgan fingerprint density at radius 1 is 0.745 bits per heavy atom. The number of thioether (sulfide) groups is 1. The topological polar surface area (TPSA) is 154 Å². The summed E-state index contributed by atoms with van der Waals surface area (Å²) in [4.78, 5) is 51.3. The minimum Gasteiger partial charge on any atom is -0.461 e. The smallest absolute Gasteiger partial charge is 0.308 e. The molecule has 0 heterocycles. The van der Waals surface area contributed by atoms with Gasteiger partial charge in [-0.1, -0.05) is 143 Å². The Morgan fingerprint density at radius 2 is 1.27 bits per heavy atom. The molecule has 55 heavy (non-hydrogen) atoms. The van der Waals surface area contributed by atoms with Crippen LogP contribution in [0, 0.1) is 11.8 Å². The lowest BCUT2D eigenvalue weighted by atomic mass is 9.84. The van der Waals surface area contributed by atoms with Crippen molar-refractivity contribution in [2.24, 2.45) is 11.8 Å². The van der Waals surface area contributed by atoms with Crippen LogP contribution in [0.2, 0.25) is 0 Å². The molecule has 0 aliphatic heterocycles. The summed E-state index contributed by atoms with van der Waals surface area (Å²) in [6.07, 6.45) is 2.68. The van der Waals surface area contributed by atoms with E-state index in [2.05, 4.69) is 58.9 Å². The molecule has 0 saturated heterocycles. The Bertz CT molecular complexity index is 1590. The fourth-order valence-corrected chi connectivity index (χ4v) is 7.67. The van der Waals surface area contributed by atoms with Crippen LogP contribution in [0.5, 0.6) is 0 Å². The molecule has 0 bridgehead atoms. The standard InChI is InChI=1S/C44H57N3O7S/c1-7-26-54-39(51)29-37(49)40(30(2)3)47-42(52)32(6)45-43(53)41(31(4)5)46-38(50)28-36(48)25-17-18-27-55-44(33-19-11-8-12-20-33,34-21-13-9-14-22-34)35-23-15-10-16-24-35/h7-17,19-25,30-32,36-37,40-41,48-49H,1,18,26-29H2,2-6H3,(H,45,53)(H,46,50)(H,47,52)/t32?,36?,37-,40+,41?/m0/s1. The van der Waals surface area contributed by atoms with Crippen molar-refractivity contribution >= 4 is 35.5 Å². The van der Waals surface area contributed by atoms with Gasteiger partial charge in [0, 0.05) is 0 Å². The van der Waals surface area contributed by atoms with Crippen LogP contribution < -0.4 is 16.0 Å². The van der Waals surface area contributed by atoms with E-state index in [9.17, 15) is 29.4 Å². The van der Waals surface area contributed by atoms with Gasteiger partial charge in [-0.15, -0.1) is 11.8 Å². The van der Waals surface area contributed by atoms with Crippen LogP contribution in [-0.2, 0) is 28.7 Å². The van der Waals surface area contributed by atoms with Crippen LogP contribution in [-0.4, -0.2) is 76.6 Å². The molecule has 0 aliphatic rings. The van der Waals surface area contributed by atoms with Gasteiger partial charge < -0.3 is 30.9 Å². The summed E-state index contributed by atoms with van der Waals surface area (Å²) in [6, 6.07) is 28.5. The van der Waals surface area contributed by atoms with Crippen molar-refractivity contribution in [1.29, 1.82) is 0 Å². The van der Waals surface area contributed by atoms with Crippen molar-refractivity contribution in [2.75, 3.05) is 12.4 Å². The Balaban J connectivity index is 1.57. The zero-order valence-electron chi connectivity index (χ0n) is 32.5. The number of rotatable bonds is 22. The van der Waals surface area contributed by atoms with Gasteiger partial charge in [0.05, 0.1) is 35.8 Å². The summed E-state index contributed by atoms with van der Waals surface area (Å²) < 4.78 is 4.48. The summed E-state index contributed by atoms with van der Waals surface area (Å²) in [5.41, 5.74) is 3.48. The molecule has 5 atom stereocenters. The number of carbonyl (C=O) groups excluding carboxylic acids is 4. The van der Waals surface area contributed by atoms with Crippen molar-refractivity contribution in [3.63, 3.8) is 0 Å². The zero-order valence-corrected chi connectivity index (χ0v) is 33.3. The molecule has 0 fully saturated rings. The highest BCUT2D eigenvalue weighted by Crippen LogP contribution is 2.48. The Labute approximate surface area is 330 Å². The van der Waals surface area contributed by atoms with Gasteiger partial charge in [0.15, 0.2) is 0 Å². The van der Waals surface area contributed by atoms with Crippen molar-refractivity contribution in [3.05, 3.63) is 132 Å². The van der Waals surface area contributed by atoms with Crippen LogP contribution in [0.15, 0.2) is 116 Å². The van der Waals surface area contributed by atoms with Crippen molar-refractivity contribution in [3.8, 4) is 0 Å². The SMILES string of the molecule is C=CCOC(=O)C[C@H](O)[C@H](NC(=O)C(C)NC(=O)C(NC(=O)CC(O)C=CCCSC(c1ccccc1)(c1ccccc1)c1ccccc1)C(C)C)C(C)C. The molecule has 0 aromatic heterocycles. The lowest BCUT2D eigenvalue weighted by Gasteiger charge is -2.35. The average Bonchev–Trinajstić information content (AvgIpc) is 3.17. The van der Waals surface area contributed by atoms with Crippen LogP contribution in [0.1, 0.15) is 70.6 Å². The second kappa shape index (κ2) is 22.6. The molecule has 3 amide bonds. The number of carbonyl (C=O) groups is 4.